The second kappa shape index (κ2) is 4.94. The minimum absolute atomic E-state index is 0.0551. The molecule has 1 amide bonds. The molecular formula is C12H11ClFNO3. The molecule has 1 aliphatic heterocycles. The van der Waals surface area contributed by atoms with Crippen molar-refractivity contribution < 1.29 is 18.7 Å². The summed E-state index contributed by atoms with van der Waals surface area (Å²) in [5.74, 6) is -1.83. The molecule has 0 N–H and O–H groups in total. The number of benzene rings is 1. The predicted molar refractivity (Wildman–Crippen MR) is 63.9 cm³/mol. The molecule has 1 aromatic carbocycles. The lowest BCUT2D eigenvalue weighted by atomic mass is 10.1. The third-order valence-corrected chi connectivity index (χ3v) is 3.26. The largest absolute Gasteiger partial charge is 0.469 e. The Morgan fingerprint density at radius 2 is 2.28 bits per heavy atom. The van der Waals surface area contributed by atoms with Crippen LogP contribution in [0.15, 0.2) is 18.2 Å². The first-order valence-electron chi connectivity index (χ1n) is 5.36. The number of hydrogen-bond acceptors (Lipinski definition) is 3. The predicted octanol–water partition coefficient (Wildman–Crippen LogP) is 2.00. The zero-order valence-electron chi connectivity index (χ0n) is 9.65. The summed E-state index contributed by atoms with van der Waals surface area (Å²) >= 11 is 5.81. The summed E-state index contributed by atoms with van der Waals surface area (Å²) in [6.45, 7) is 0.161. The highest BCUT2D eigenvalue weighted by molar-refractivity contribution is 6.34. The Hall–Kier alpha value is -1.62. The summed E-state index contributed by atoms with van der Waals surface area (Å²) in [6.07, 6.45) is 0.0551. The van der Waals surface area contributed by atoms with Crippen LogP contribution >= 0.6 is 11.6 Å². The smallest absolute Gasteiger partial charge is 0.311 e. The monoisotopic (exact) mass is 271 g/mol. The van der Waals surface area contributed by atoms with Crippen molar-refractivity contribution in [2.24, 2.45) is 5.92 Å². The average molecular weight is 272 g/mol. The second-order valence-electron chi connectivity index (χ2n) is 4.00. The van der Waals surface area contributed by atoms with E-state index < -0.39 is 17.7 Å². The van der Waals surface area contributed by atoms with E-state index >= 15 is 0 Å². The Bertz CT molecular complexity index is 506. The van der Waals surface area contributed by atoms with Gasteiger partial charge in [-0.25, -0.2) is 4.39 Å². The van der Waals surface area contributed by atoms with Gasteiger partial charge in [0.05, 0.1) is 18.7 Å². The average Bonchev–Trinajstić information content (AvgIpc) is 2.74. The minimum Gasteiger partial charge on any atom is -0.469 e. The van der Waals surface area contributed by atoms with E-state index in [-0.39, 0.29) is 29.6 Å². The number of nitrogens with zero attached hydrogens (tertiary/aromatic N) is 1. The van der Waals surface area contributed by atoms with Gasteiger partial charge in [-0.3, -0.25) is 9.59 Å². The number of carbonyl (C=O) groups excluding carboxylic acids is 2. The Balaban J connectivity index is 2.27. The number of ether oxygens (including phenoxy) is 1. The summed E-state index contributed by atoms with van der Waals surface area (Å²) in [5, 5.41) is -0.114. The van der Waals surface area contributed by atoms with Gasteiger partial charge in [-0.1, -0.05) is 17.7 Å². The van der Waals surface area contributed by atoms with Crippen molar-refractivity contribution >= 4 is 29.2 Å². The maximum Gasteiger partial charge on any atom is 0.311 e. The maximum absolute atomic E-state index is 13.3. The van der Waals surface area contributed by atoms with Crippen LogP contribution in [0.4, 0.5) is 10.1 Å². The van der Waals surface area contributed by atoms with Crippen LogP contribution < -0.4 is 4.90 Å². The number of anilines is 1. The third kappa shape index (κ3) is 2.18. The molecule has 1 fully saturated rings. The Labute approximate surface area is 108 Å². The molecule has 0 spiro atoms. The Morgan fingerprint density at radius 1 is 1.56 bits per heavy atom. The van der Waals surface area contributed by atoms with Crippen LogP contribution in [0, 0.1) is 11.7 Å². The van der Waals surface area contributed by atoms with Crippen molar-refractivity contribution in [1.82, 2.24) is 0 Å². The van der Waals surface area contributed by atoms with Crippen molar-refractivity contribution in [3.05, 3.63) is 29.0 Å². The van der Waals surface area contributed by atoms with Crippen LogP contribution in [0.3, 0.4) is 0 Å². The molecule has 4 nitrogen and oxygen atoms in total. The van der Waals surface area contributed by atoms with Crippen molar-refractivity contribution in [2.75, 3.05) is 18.6 Å². The first-order valence-corrected chi connectivity index (χ1v) is 5.74. The van der Waals surface area contributed by atoms with Gasteiger partial charge in [-0.2, -0.15) is 0 Å². The summed E-state index contributed by atoms with van der Waals surface area (Å²) in [6, 6.07) is 4.22. The van der Waals surface area contributed by atoms with Crippen molar-refractivity contribution in [2.45, 2.75) is 6.42 Å². The molecule has 18 heavy (non-hydrogen) atoms. The normalized spacial score (nSPS) is 19.2. The number of amides is 1. The molecule has 0 radical (unpaired) electrons. The van der Waals surface area contributed by atoms with Gasteiger partial charge in [0.1, 0.15) is 10.8 Å². The van der Waals surface area contributed by atoms with E-state index in [2.05, 4.69) is 4.74 Å². The van der Waals surface area contributed by atoms with Gasteiger partial charge in [-0.15, -0.1) is 0 Å². The lowest BCUT2D eigenvalue weighted by Crippen LogP contribution is -2.26. The number of rotatable bonds is 2. The van der Waals surface area contributed by atoms with Gasteiger partial charge in [0.25, 0.3) is 0 Å². The van der Waals surface area contributed by atoms with Gasteiger partial charge in [0.2, 0.25) is 5.91 Å². The molecule has 1 heterocycles. The molecule has 0 saturated carbocycles. The number of halogens is 2. The molecule has 1 unspecified atom stereocenters. The number of carbonyl (C=O) groups is 2. The molecule has 0 bridgehead atoms. The fraction of sp³-hybridized carbons (Fsp3) is 0.333. The van der Waals surface area contributed by atoms with Crippen LogP contribution in [-0.4, -0.2) is 25.5 Å². The molecule has 96 valence electrons. The zero-order chi connectivity index (χ0) is 13.3. The van der Waals surface area contributed by atoms with Crippen LogP contribution in [0.2, 0.25) is 5.02 Å². The molecule has 1 saturated heterocycles. The van der Waals surface area contributed by atoms with Gasteiger partial charge in [0, 0.05) is 13.0 Å². The molecular weight excluding hydrogens is 261 g/mol. The van der Waals surface area contributed by atoms with Crippen LogP contribution in [0.1, 0.15) is 6.42 Å². The first-order chi connectivity index (χ1) is 8.54. The fourth-order valence-electron chi connectivity index (χ4n) is 1.97. The molecule has 2 rings (SSSR count). The lowest BCUT2D eigenvalue weighted by molar-refractivity contribution is -0.145. The SMILES string of the molecule is COC(=O)C1CC(=O)N(c2cccc(F)c2Cl)C1. The second-order valence-corrected chi connectivity index (χ2v) is 4.38. The van der Waals surface area contributed by atoms with E-state index in [4.69, 9.17) is 11.6 Å². The Morgan fingerprint density at radius 3 is 2.94 bits per heavy atom. The van der Waals surface area contributed by atoms with E-state index in [1.807, 2.05) is 0 Å². The van der Waals surface area contributed by atoms with E-state index in [1.165, 1.54) is 24.1 Å². The first kappa shape index (κ1) is 12.8. The number of hydrogen-bond donors (Lipinski definition) is 0. The fourth-order valence-corrected chi connectivity index (χ4v) is 2.19. The highest BCUT2D eigenvalue weighted by atomic mass is 35.5. The Kier molecular flexibility index (Phi) is 3.52. The summed E-state index contributed by atoms with van der Waals surface area (Å²) < 4.78 is 17.9. The summed E-state index contributed by atoms with van der Waals surface area (Å²) in [7, 11) is 1.27. The van der Waals surface area contributed by atoms with Crippen LogP contribution in [-0.2, 0) is 14.3 Å². The lowest BCUT2D eigenvalue weighted by Gasteiger charge is -2.17. The van der Waals surface area contributed by atoms with Crippen molar-refractivity contribution in [3.63, 3.8) is 0 Å². The van der Waals surface area contributed by atoms with Crippen LogP contribution in [0.5, 0.6) is 0 Å². The molecule has 0 aromatic heterocycles. The van der Waals surface area contributed by atoms with Gasteiger partial charge >= 0.3 is 5.97 Å². The molecule has 6 heteroatoms. The molecule has 1 aromatic rings. The van der Waals surface area contributed by atoms with E-state index in [0.29, 0.717) is 0 Å². The van der Waals surface area contributed by atoms with E-state index in [9.17, 15) is 14.0 Å². The molecule has 1 aliphatic rings. The summed E-state index contributed by atoms with van der Waals surface area (Å²) in [4.78, 5) is 24.5. The van der Waals surface area contributed by atoms with Gasteiger partial charge in [-0.05, 0) is 12.1 Å². The molecule has 1 atom stereocenters. The third-order valence-electron chi connectivity index (χ3n) is 2.88. The minimum atomic E-state index is -0.594. The zero-order valence-corrected chi connectivity index (χ0v) is 10.4. The summed E-state index contributed by atoms with van der Waals surface area (Å²) in [5.41, 5.74) is 0.285. The van der Waals surface area contributed by atoms with Crippen LogP contribution in [0.25, 0.3) is 0 Å². The van der Waals surface area contributed by atoms with E-state index in [0.717, 1.165) is 0 Å². The highest BCUT2D eigenvalue weighted by Gasteiger charge is 2.36. The number of methoxy groups -OCH3 is 1. The highest BCUT2D eigenvalue weighted by Crippen LogP contribution is 2.33. The quantitative estimate of drug-likeness (QED) is 0.773. The van der Waals surface area contributed by atoms with Gasteiger partial charge in [0.15, 0.2) is 0 Å². The van der Waals surface area contributed by atoms with Crippen molar-refractivity contribution in [3.8, 4) is 0 Å². The standard InChI is InChI=1S/C12H11ClFNO3/c1-18-12(17)7-5-10(16)15(6-7)9-4-2-3-8(14)11(9)13/h2-4,7H,5-6H2,1H3. The van der Waals surface area contributed by atoms with Crippen molar-refractivity contribution in [1.29, 1.82) is 0 Å². The topological polar surface area (TPSA) is 46.6 Å². The maximum atomic E-state index is 13.3. The number of esters is 1. The van der Waals surface area contributed by atoms with E-state index in [1.54, 1.807) is 6.07 Å². The molecule has 0 aliphatic carbocycles. The van der Waals surface area contributed by atoms with Gasteiger partial charge < -0.3 is 9.64 Å².